The van der Waals surface area contributed by atoms with Crippen molar-refractivity contribution in [2.24, 2.45) is 0 Å². The summed E-state index contributed by atoms with van der Waals surface area (Å²) in [5, 5.41) is 11.3. The number of aliphatic carboxylic acids is 1. The predicted molar refractivity (Wildman–Crippen MR) is 71.8 cm³/mol. The fourth-order valence-electron chi connectivity index (χ4n) is 1.66. The Balaban J connectivity index is 2.65. The first kappa shape index (κ1) is 17.8. The van der Waals surface area contributed by atoms with Crippen molar-refractivity contribution < 1.29 is 32.6 Å². The van der Waals surface area contributed by atoms with E-state index in [4.69, 9.17) is 5.11 Å². The van der Waals surface area contributed by atoms with E-state index in [1.807, 2.05) is 0 Å². The Morgan fingerprint density at radius 1 is 1.27 bits per heavy atom. The highest BCUT2D eigenvalue weighted by molar-refractivity contribution is 5.96. The molecule has 0 aromatic heterocycles. The molecular weight excluding hydrogens is 303 g/mol. The first-order valence-corrected chi connectivity index (χ1v) is 6.56. The summed E-state index contributed by atoms with van der Waals surface area (Å²) < 4.78 is 40.5. The summed E-state index contributed by atoms with van der Waals surface area (Å²) >= 11 is 0. The molecule has 1 aromatic carbocycles. The lowest BCUT2D eigenvalue weighted by molar-refractivity contribution is -0.153. The molecule has 1 amide bonds. The molecule has 0 saturated heterocycles. The lowest BCUT2D eigenvalue weighted by Crippen LogP contribution is -2.40. The molecule has 0 heterocycles. The van der Waals surface area contributed by atoms with E-state index in [1.165, 1.54) is 24.3 Å². The van der Waals surface area contributed by atoms with Gasteiger partial charge in [0.25, 0.3) is 5.91 Å². The summed E-state index contributed by atoms with van der Waals surface area (Å²) in [4.78, 5) is 22.8. The molecule has 0 aliphatic heterocycles. The highest BCUT2D eigenvalue weighted by Crippen LogP contribution is 2.18. The second-order valence-corrected chi connectivity index (χ2v) is 4.58. The number of carboxylic acids is 1. The van der Waals surface area contributed by atoms with E-state index in [-0.39, 0.29) is 17.7 Å². The van der Waals surface area contributed by atoms with Gasteiger partial charge in [0, 0.05) is 5.56 Å². The van der Waals surface area contributed by atoms with Crippen LogP contribution in [0.2, 0.25) is 0 Å². The molecule has 1 aromatic rings. The van der Waals surface area contributed by atoms with Gasteiger partial charge in [0.05, 0.1) is 0 Å². The van der Waals surface area contributed by atoms with E-state index in [1.54, 1.807) is 6.92 Å². The molecule has 5 nitrogen and oxygen atoms in total. The standard InChI is InChI=1S/C14H16F3NO4/c1-2-3-11(13(20)21)18-12(19)9-4-6-10(7-5-9)22-8-14(15,16)17/h4-7,11H,2-3,8H2,1H3,(H,18,19)(H,20,21). The van der Waals surface area contributed by atoms with Crippen LogP contribution >= 0.6 is 0 Å². The number of carbonyl (C=O) groups excluding carboxylic acids is 1. The fraction of sp³-hybridized carbons (Fsp3) is 0.429. The van der Waals surface area contributed by atoms with Crippen LogP contribution in [0.1, 0.15) is 30.1 Å². The average Bonchev–Trinajstić information content (AvgIpc) is 2.44. The van der Waals surface area contributed by atoms with Crippen molar-refractivity contribution in [3.05, 3.63) is 29.8 Å². The average molecular weight is 319 g/mol. The van der Waals surface area contributed by atoms with Crippen LogP contribution < -0.4 is 10.1 Å². The quantitative estimate of drug-likeness (QED) is 0.810. The van der Waals surface area contributed by atoms with E-state index in [9.17, 15) is 22.8 Å². The van der Waals surface area contributed by atoms with Crippen molar-refractivity contribution in [1.29, 1.82) is 0 Å². The molecule has 8 heteroatoms. The highest BCUT2D eigenvalue weighted by Gasteiger charge is 2.28. The smallest absolute Gasteiger partial charge is 0.422 e. The van der Waals surface area contributed by atoms with Crippen molar-refractivity contribution in [3.8, 4) is 5.75 Å². The van der Waals surface area contributed by atoms with E-state index in [0.717, 1.165) is 0 Å². The third-order valence-corrected chi connectivity index (χ3v) is 2.70. The number of hydrogen-bond acceptors (Lipinski definition) is 3. The third-order valence-electron chi connectivity index (χ3n) is 2.70. The van der Waals surface area contributed by atoms with E-state index < -0.39 is 30.7 Å². The van der Waals surface area contributed by atoms with Gasteiger partial charge < -0.3 is 15.2 Å². The van der Waals surface area contributed by atoms with Gasteiger partial charge in [0.15, 0.2) is 6.61 Å². The molecule has 0 bridgehead atoms. The zero-order valence-electron chi connectivity index (χ0n) is 11.8. The van der Waals surface area contributed by atoms with Crippen LogP contribution in [-0.2, 0) is 4.79 Å². The second kappa shape index (κ2) is 7.67. The lowest BCUT2D eigenvalue weighted by Gasteiger charge is -2.14. The molecule has 0 spiro atoms. The molecule has 2 N–H and O–H groups in total. The number of carboxylic acid groups (broad SMARTS) is 1. The Morgan fingerprint density at radius 3 is 2.32 bits per heavy atom. The Hall–Kier alpha value is -2.25. The van der Waals surface area contributed by atoms with Crippen LogP contribution in [0.5, 0.6) is 5.75 Å². The maximum Gasteiger partial charge on any atom is 0.422 e. The van der Waals surface area contributed by atoms with Crippen molar-refractivity contribution in [2.45, 2.75) is 32.0 Å². The summed E-state index contributed by atoms with van der Waals surface area (Å²) in [6.07, 6.45) is -3.57. The van der Waals surface area contributed by atoms with Crippen LogP contribution in [0.4, 0.5) is 13.2 Å². The monoisotopic (exact) mass is 319 g/mol. The van der Waals surface area contributed by atoms with Gasteiger partial charge in [-0.05, 0) is 30.7 Å². The topological polar surface area (TPSA) is 75.6 Å². The Labute approximate surface area is 125 Å². The largest absolute Gasteiger partial charge is 0.484 e. The highest BCUT2D eigenvalue weighted by atomic mass is 19.4. The molecule has 122 valence electrons. The number of halogens is 3. The summed E-state index contributed by atoms with van der Waals surface area (Å²) in [5.41, 5.74) is 0.140. The molecule has 22 heavy (non-hydrogen) atoms. The van der Waals surface area contributed by atoms with Crippen LogP contribution in [-0.4, -0.2) is 35.8 Å². The summed E-state index contributed by atoms with van der Waals surface area (Å²) in [7, 11) is 0. The summed E-state index contributed by atoms with van der Waals surface area (Å²) in [5.74, 6) is -1.78. The first-order valence-electron chi connectivity index (χ1n) is 6.56. The van der Waals surface area contributed by atoms with Gasteiger partial charge in [-0.25, -0.2) is 4.79 Å². The zero-order chi connectivity index (χ0) is 16.8. The summed E-state index contributed by atoms with van der Waals surface area (Å²) in [6.45, 7) is 0.366. The van der Waals surface area contributed by atoms with Crippen LogP contribution in [0, 0.1) is 0 Å². The summed E-state index contributed by atoms with van der Waals surface area (Å²) in [6, 6.07) is 3.98. The van der Waals surface area contributed by atoms with Gasteiger partial charge in [-0.15, -0.1) is 0 Å². The molecule has 0 fully saturated rings. The molecule has 1 atom stereocenters. The number of nitrogens with one attached hydrogen (secondary N) is 1. The zero-order valence-corrected chi connectivity index (χ0v) is 11.8. The first-order chi connectivity index (χ1) is 10.2. The minimum Gasteiger partial charge on any atom is -0.484 e. The number of alkyl halides is 3. The number of carbonyl (C=O) groups is 2. The molecule has 0 aliphatic rings. The Morgan fingerprint density at radius 2 is 1.86 bits per heavy atom. The molecule has 0 radical (unpaired) electrons. The van der Waals surface area contributed by atoms with Gasteiger partial charge in [-0.3, -0.25) is 4.79 Å². The lowest BCUT2D eigenvalue weighted by atomic mass is 10.1. The molecule has 0 aliphatic carbocycles. The number of amides is 1. The molecule has 1 rings (SSSR count). The van der Waals surface area contributed by atoms with Gasteiger partial charge in [-0.1, -0.05) is 13.3 Å². The Bertz CT molecular complexity index is 514. The van der Waals surface area contributed by atoms with E-state index >= 15 is 0 Å². The minimum atomic E-state index is -4.44. The fourth-order valence-corrected chi connectivity index (χ4v) is 1.66. The SMILES string of the molecule is CCCC(NC(=O)c1ccc(OCC(F)(F)F)cc1)C(=O)O. The van der Waals surface area contributed by atoms with Crippen molar-refractivity contribution in [2.75, 3.05) is 6.61 Å². The number of ether oxygens (including phenoxy) is 1. The van der Waals surface area contributed by atoms with Crippen molar-refractivity contribution in [1.82, 2.24) is 5.32 Å². The maximum atomic E-state index is 12.0. The van der Waals surface area contributed by atoms with Crippen molar-refractivity contribution in [3.63, 3.8) is 0 Å². The van der Waals surface area contributed by atoms with Gasteiger partial charge in [0.1, 0.15) is 11.8 Å². The molecular formula is C14H16F3NO4. The second-order valence-electron chi connectivity index (χ2n) is 4.58. The number of benzene rings is 1. The van der Waals surface area contributed by atoms with Crippen LogP contribution in [0.15, 0.2) is 24.3 Å². The van der Waals surface area contributed by atoms with Crippen molar-refractivity contribution >= 4 is 11.9 Å². The number of rotatable bonds is 7. The van der Waals surface area contributed by atoms with Crippen LogP contribution in [0.3, 0.4) is 0 Å². The predicted octanol–water partition coefficient (Wildman–Crippen LogP) is 2.61. The number of hydrogen-bond donors (Lipinski definition) is 2. The van der Waals surface area contributed by atoms with Gasteiger partial charge in [-0.2, -0.15) is 13.2 Å². The molecule has 0 saturated carbocycles. The van der Waals surface area contributed by atoms with Crippen LogP contribution in [0.25, 0.3) is 0 Å². The molecule has 1 unspecified atom stereocenters. The van der Waals surface area contributed by atoms with E-state index in [0.29, 0.717) is 6.42 Å². The maximum absolute atomic E-state index is 12.0. The minimum absolute atomic E-state index is 0.0304. The van der Waals surface area contributed by atoms with Gasteiger partial charge in [0.2, 0.25) is 0 Å². The van der Waals surface area contributed by atoms with E-state index in [2.05, 4.69) is 10.1 Å². The third kappa shape index (κ3) is 6.02. The normalized spacial score (nSPS) is 12.5. The van der Waals surface area contributed by atoms with Gasteiger partial charge >= 0.3 is 12.1 Å². The Kier molecular flexibility index (Phi) is 6.21.